The normalized spacial score (nSPS) is 11.8. The van der Waals surface area contributed by atoms with E-state index >= 15 is 0 Å². The highest BCUT2D eigenvalue weighted by molar-refractivity contribution is 6.01. The van der Waals surface area contributed by atoms with Gasteiger partial charge < -0.3 is 15.1 Å². The third-order valence-electron chi connectivity index (χ3n) is 4.13. The lowest BCUT2D eigenvalue weighted by Gasteiger charge is -1.96. The first kappa shape index (κ1) is 13.6. The summed E-state index contributed by atoms with van der Waals surface area (Å²) >= 11 is 0. The molecular weight excluding hydrogens is 286 g/mol. The van der Waals surface area contributed by atoms with E-state index in [1.54, 1.807) is 6.21 Å². The zero-order valence-electron chi connectivity index (χ0n) is 12.6. The zero-order valence-corrected chi connectivity index (χ0v) is 12.6. The van der Waals surface area contributed by atoms with Crippen molar-refractivity contribution in [2.75, 3.05) is 6.54 Å². The summed E-state index contributed by atoms with van der Waals surface area (Å²) in [7, 11) is 0. The van der Waals surface area contributed by atoms with Gasteiger partial charge in [-0.1, -0.05) is 36.4 Å². The van der Waals surface area contributed by atoms with Gasteiger partial charge in [-0.05, 0) is 24.1 Å². The van der Waals surface area contributed by atoms with Crippen LogP contribution in [-0.2, 0) is 6.42 Å². The Balaban J connectivity index is 1.52. The van der Waals surface area contributed by atoms with Gasteiger partial charge in [0.15, 0.2) is 5.88 Å². The van der Waals surface area contributed by atoms with Gasteiger partial charge in [-0.2, -0.15) is 0 Å². The first-order valence-corrected chi connectivity index (χ1v) is 7.67. The molecule has 0 bridgehead atoms. The average molecular weight is 303 g/mol. The van der Waals surface area contributed by atoms with Crippen molar-refractivity contribution >= 4 is 28.0 Å². The van der Waals surface area contributed by atoms with Crippen LogP contribution in [0.25, 0.3) is 21.8 Å². The highest BCUT2D eigenvalue weighted by Gasteiger charge is 2.07. The Bertz CT molecular complexity index is 994. The lowest BCUT2D eigenvalue weighted by Crippen LogP contribution is -1.89. The summed E-state index contributed by atoms with van der Waals surface area (Å²) in [4.78, 5) is 10.7. The fraction of sp³-hybridized carbons (Fsp3) is 0.105. The molecule has 0 spiro atoms. The van der Waals surface area contributed by atoms with Crippen LogP contribution in [0.2, 0.25) is 0 Å². The van der Waals surface area contributed by atoms with E-state index in [4.69, 9.17) is 0 Å². The lowest BCUT2D eigenvalue weighted by molar-refractivity contribution is 0.457. The maximum absolute atomic E-state index is 10.0. The Kier molecular flexibility index (Phi) is 3.35. The maximum atomic E-state index is 10.0. The van der Waals surface area contributed by atoms with Crippen molar-refractivity contribution in [1.82, 2.24) is 9.97 Å². The van der Waals surface area contributed by atoms with E-state index in [0.29, 0.717) is 6.54 Å². The molecule has 0 aliphatic rings. The van der Waals surface area contributed by atoms with Crippen LogP contribution in [0.15, 0.2) is 59.7 Å². The third-order valence-corrected chi connectivity index (χ3v) is 4.13. The Hall–Kier alpha value is -3.01. The van der Waals surface area contributed by atoms with Gasteiger partial charge in [-0.25, -0.2) is 0 Å². The van der Waals surface area contributed by atoms with Crippen LogP contribution in [0.3, 0.4) is 0 Å². The highest BCUT2D eigenvalue weighted by atomic mass is 16.3. The molecule has 0 saturated carbocycles. The number of fused-ring (bicyclic) bond motifs is 2. The molecule has 2 heterocycles. The average Bonchev–Trinajstić information content (AvgIpc) is 3.12. The molecule has 2 aromatic heterocycles. The van der Waals surface area contributed by atoms with Crippen molar-refractivity contribution in [3.05, 3.63) is 65.9 Å². The summed E-state index contributed by atoms with van der Waals surface area (Å²) in [6.45, 7) is 0.681. The topological polar surface area (TPSA) is 64.2 Å². The van der Waals surface area contributed by atoms with Gasteiger partial charge in [0.2, 0.25) is 0 Å². The van der Waals surface area contributed by atoms with Gasteiger partial charge in [-0.3, -0.25) is 4.99 Å². The molecule has 0 unspecified atom stereocenters. The molecule has 114 valence electrons. The molecule has 4 rings (SSSR count). The summed E-state index contributed by atoms with van der Waals surface area (Å²) in [5.41, 5.74) is 4.09. The molecule has 0 aliphatic heterocycles. The number of para-hydroxylation sites is 2. The molecule has 0 atom stereocenters. The number of aromatic amines is 2. The predicted octanol–water partition coefficient (Wildman–Crippen LogP) is 4.02. The smallest absolute Gasteiger partial charge is 0.198 e. The second kappa shape index (κ2) is 5.65. The van der Waals surface area contributed by atoms with E-state index in [1.165, 1.54) is 10.9 Å². The second-order valence-electron chi connectivity index (χ2n) is 5.58. The number of H-pyrrole nitrogens is 2. The van der Waals surface area contributed by atoms with Gasteiger partial charge >= 0.3 is 0 Å². The summed E-state index contributed by atoms with van der Waals surface area (Å²) in [5, 5.41) is 12.2. The molecular formula is C19H17N3O. The lowest BCUT2D eigenvalue weighted by atomic mass is 10.1. The third kappa shape index (κ3) is 2.48. The summed E-state index contributed by atoms with van der Waals surface area (Å²) < 4.78 is 0. The number of benzene rings is 2. The van der Waals surface area contributed by atoms with Crippen LogP contribution in [0, 0.1) is 0 Å². The van der Waals surface area contributed by atoms with Crippen molar-refractivity contribution in [3.63, 3.8) is 0 Å². The maximum Gasteiger partial charge on any atom is 0.198 e. The van der Waals surface area contributed by atoms with E-state index in [-0.39, 0.29) is 5.88 Å². The van der Waals surface area contributed by atoms with Gasteiger partial charge in [0, 0.05) is 40.8 Å². The minimum Gasteiger partial charge on any atom is -0.494 e. The molecule has 0 fully saturated rings. The van der Waals surface area contributed by atoms with Crippen LogP contribution in [-0.4, -0.2) is 27.8 Å². The number of rotatable bonds is 4. The van der Waals surface area contributed by atoms with Crippen molar-refractivity contribution in [3.8, 4) is 5.88 Å². The molecule has 0 amide bonds. The first-order chi connectivity index (χ1) is 11.3. The van der Waals surface area contributed by atoms with E-state index in [0.717, 1.165) is 28.4 Å². The summed E-state index contributed by atoms with van der Waals surface area (Å²) in [6, 6.07) is 16.1. The van der Waals surface area contributed by atoms with Crippen LogP contribution >= 0.6 is 0 Å². The minimum atomic E-state index is 0.169. The van der Waals surface area contributed by atoms with Crippen molar-refractivity contribution in [2.24, 2.45) is 4.99 Å². The standard InChI is InChI=1S/C19H17N3O/c23-19-16(15-6-2-4-8-18(15)22-19)12-20-10-9-13-11-21-17-7-3-1-5-14(13)17/h1-8,11-12,21-23H,9-10H2. The fourth-order valence-corrected chi connectivity index (χ4v) is 2.96. The quantitative estimate of drug-likeness (QED) is 0.490. The number of aliphatic imine (C=N–C) groups is 1. The van der Waals surface area contributed by atoms with E-state index < -0.39 is 0 Å². The van der Waals surface area contributed by atoms with Crippen molar-refractivity contribution < 1.29 is 5.11 Å². The molecule has 0 radical (unpaired) electrons. The fourth-order valence-electron chi connectivity index (χ4n) is 2.96. The van der Waals surface area contributed by atoms with Crippen LogP contribution < -0.4 is 0 Å². The van der Waals surface area contributed by atoms with E-state index in [2.05, 4.69) is 27.1 Å². The predicted molar refractivity (Wildman–Crippen MR) is 94.4 cm³/mol. The van der Waals surface area contributed by atoms with Gasteiger partial charge in [0.05, 0.1) is 5.56 Å². The van der Waals surface area contributed by atoms with Gasteiger partial charge in [0.1, 0.15) is 0 Å². The number of nitrogens with zero attached hydrogens (tertiary/aromatic N) is 1. The van der Waals surface area contributed by atoms with Crippen LogP contribution in [0.5, 0.6) is 5.88 Å². The molecule has 0 aliphatic carbocycles. The van der Waals surface area contributed by atoms with Crippen molar-refractivity contribution in [1.29, 1.82) is 0 Å². The number of hydrogen-bond donors (Lipinski definition) is 3. The molecule has 2 aromatic carbocycles. The minimum absolute atomic E-state index is 0.169. The van der Waals surface area contributed by atoms with Crippen LogP contribution in [0.1, 0.15) is 11.1 Å². The largest absolute Gasteiger partial charge is 0.494 e. The highest BCUT2D eigenvalue weighted by Crippen LogP contribution is 2.25. The Morgan fingerprint density at radius 1 is 0.957 bits per heavy atom. The molecule has 0 saturated heterocycles. The van der Waals surface area contributed by atoms with Crippen molar-refractivity contribution in [2.45, 2.75) is 6.42 Å². The zero-order chi connectivity index (χ0) is 15.6. The SMILES string of the molecule is Oc1[nH]c2ccccc2c1C=NCCc1c[nH]c2ccccc12. The number of hydrogen-bond acceptors (Lipinski definition) is 2. The van der Waals surface area contributed by atoms with E-state index in [1.807, 2.05) is 42.6 Å². The molecule has 3 N–H and O–H groups in total. The molecule has 4 heteroatoms. The number of nitrogens with one attached hydrogen (secondary N) is 2. The van der Waals surface area contributed by atoms with Gasteiger partial charge in [0.25, 0.3) is 0 Å². The first-order valence-electron chi connectivity index (χ1n) is 7.67. The van der Waals surface area contributed by atoms with Gasteiger partial charge in [-0.15, -0.1) is 0 Å². The molecule has 4 nitrogen and oxygen atoms in total. The Labute approximate surface area is 133 Å². The molecule has 23 heavy (non-hydrogen) atoms. The number of aromatic nitrogens is 2. The Morgan fingerprint density at radius 3 is 2.57 bits per heavy atom. The monoisotopic (exact) mass is 303 g/mol. The van der Waals surface area contributed by atoms with Crippen LogP contribution in [0.4, 0.5) is 0 Å². The second-order valence-corrected chi connectivity index (χ2v) is 5.58. The summed E-state index contributed by atoms with van der Waals surface area (Å²) in [5.74, 6) is 0.169. The number of aromatic hydroxyl groups is 1. The Morgan fingerprint density at radius 2 is 1.70 bits per heavy atom. The molecule has 4 aromatic rings. The van der Waals surface area contributed by atoms with E-state index in [9.17, 15) is 5.11 Å². The summed E-state index contributed by atoms with van der Waals surface area (Å²) in [6.07, 6.45) is 4.66.